The summed E-state index contributed by atoms with van der Waals surface area (Å²) in [5, 5.41) is 0. The Morgan fingerprint density at radius 1 is 1.24 bits per heavy atom. The maximum absolute atomic E-state index is 13.5. The van der Waals surface area contributed by atoms with Crippen LogP contribution in [0, 0.1) is 6.92 Å². The highest BCUT2D eigenvalue weighted by Crippen LogP contribution is 2.28. The summed E-state index contributed by atoms with van der Waals surface area (Å²) < 4.78 is 5.05. The van der Waals surface area contributed by atoms with E-state index >= 15 is 0 Å². The number of carbonyl (C=O) groups is 3. The first-order valence-corrected chi connectivity index (χ1v) is 10.9. The minimum Gasteiger partial charge on any atom is -0.466 e. The number of hydrogen-bond donors (Lipinski definition) is 1. The van der Waals surface area contributed by atoms with Crippen LogP contribution >= 0.6 is 0 Å². The smallest absolute Gasteiger partial charge is 0.307 e. The number of aryl methyl sites for hydroxylation is 1. The number of esters is 1. The van der Waals surface area contributed by atoms with Crippen molar-refractivity contribution in [3.63, 3.8) is 0 Å². The zero-order chi connectivity index (χ0) is 21.0. The van der Waals surface area contributed by atoms with Crippen molar-refractivity contribution in [1.82, 2.24) is 14.8 Å². The number of rotatable bonds is 8. The molecule has 1 N–H and O–H groups in total. The van der Waals surface area contributed by atoms with Crippen molar-refractivity contribution in [2.75, 3.05) is 32.8 Å². The molecular formula is C22H33N3O4. The topological polar surface area (TPSA) is 82.7 Å². The maximum Gasteiger partial charge on any atom is 0.307 e. The van der Waals surface area contributed by atoms with Gasteiger partial charge in [0.25, 0.3) is 5.91 Å². The molecule has 7 nitrogen and oxygen atoms in total. The average Bonchev–Trinajstić information content (AvgIpc) is 3.29. The van der Waals surface area contributed by atoms with Crippen molar-refractivity contribution in [1.29, 1.82) is 0 Å². The van der Waals surface area contributed by atoms with Gasteiger partial charge in [0.2, 0.25) is 0 Å². The number of likely N-dealkylation sites (N-methyl/N-ethyl adjacent to an activating group) is 1. The van der Waals surface area contributed by atoms with E-state index in [1.807, 2.05) is 6.92 Å². The van der Waals surface area contributed by atoms with Crippen LogP contribution in [0.25, 0.3) is 0 Å². The van der Waals surface area contributed by atoms with Gasteiger partial charge in [-0.2, -0.15) is 0 Å². The van der Waals surface area contributed by atoms with Gasteiger partial charge < -0.3 is 14.6 Å². The first kappa shape index (κ1) is 21.6. The molecular weight excluding hydrogens is 370 g/mol. The van der Waals surface area contributed by atoms with E-state index in [-0.39, 0.29) is 24.1 Å². The number of amides is 1. The van der Waals surface area contributed by atoms with E-state index in [1.165, 1.54) is 0 Å². The minimum atomic E-state index is -0.290. The molecule has 2 heterocycles. The fraction of sp³-hybridized carbons (Fsp3) is 0.682. The second kappa shape index (κ2) is 9.57. The van der Waals surface area contributed by atoms with Gasteiger partial charge in [0, 0.05) is 36.8 Å². The molecule has 0 aromatic carbocycles. The monoisotopic (exact) mass is 403 g/mol. The summed E-state index contributed by atoms with van der Waals surface area (Å²) in [6, 6.07) is 0.303. The Morgan fingerprint density at radius 2 is 2.03 bits per heavy atom. The van der Waals surface area contributed by atoms with Crippen molar-refractivity contribution in [3.8, 4) is 0 Å². The molecule has 1 aliphatic heterocycles. The number of likely N-dealkylation sites (tertiary alicyclic amines) is 1. The number of nitrogens with one attached hydrogen (secondary N) is 1. The molecule has 0 spiro atoms. The Bertz CT molecular complexity index is 770. The number of fused-ring (bicyclic) bond motifs is 1. The van der Waals surface area contributed by atoms with Crippen LogP contribution in [0.1, 0.15) is 78.1 Å². The highest BCUT2D eigenvalue weighted by molar-refractivity contribution is 6.04. The number of H-pyrrole nitrogens is 1. The molecule has 160 valence electrons. The molecule has 0 radical (unpaired) electrons. The molecule has 7 heteroatoms. The molecule has 1 amide bonds. The minimum absolute atomic E-state index is 0.116. The lowest BCUT2D eigenvalue weighted by molar-refractivity contribution is -0.143. The fourth-order valence-electron chi connectivity index (χ4n) is 4.65. The number of Topliss-reactive ketones (excluding diaryl/α,β-unsaturated/α-hetero) is 1. The molecule has 0 unspecified atom stereocenters. The summed E-state index contributed by atoms with van der Waals surface area (Å²) >= 11 is 0. The van der Waals surface area contributed by atoms with Gasteiger partial charge >= 0.3 is 5.97 Å². The van der Waals surface area contributed by atoms with Crippen LogP contribution in [0.4, 0.5) is 0 Å². The summed E-state index contributed by atoms with van der Waals surface area (Å²) in [5.41, 5.74) is 2.81. The molecule has 1 saturated heterocycles. The van der Waals surface area contributed by atoms with Crippen LogP contribution < -0.4 is 0 Å². The summed E-state index contributed by atoms with van der Waals surface area (Å²) in [6.45, 7) is 9.01. The normalized spacial score (nSPS) is 19.3. The molecule has 2 aliphatic rings. The van der Waals surface area contributed by atoms with E-state index in [9.17, 15) is 14.4 Å². The fourth-order valence-corrected chi connectivity index (χ4v) is 4.65. The third kappa shape index (κ3) is 4.71. The SMILES string of the molecule is CCOC(=O)CCN(C[C@@H]1CCCN1CC)C(=O)c1[nH]c2c(c1C)C(=O)CCC2. The molecule has 3 rings (SSSR count). The number of nitrogens with zero attached hydrogens (tertiary/aromatic N) is 2. The Balaban J connectivity index is 1.81. The summed E-state index contributed by atoms with van der Waals surface area (Å²) in [7, 11) is 0. The van der Waals surface area contributed by atoms with Gasteiger partial charge in [-0.15, -0.1) is 0 Å². The van der Waals surface area contributed by atoms with E-state index in [0.29, 0.717) is 43.4 Å². The van der Waals surface area contributed by atoms with Gasteiger partial charge in [0.1, 0.15) is 5.69 Å². The highest BCUT2D eigenvalue weighted by atomic mass is 16.5. The van der Waals surface area contributed by atoms with Crippen LogP contribution in [0.3, 0.4) is 0 Å². The molecule has 0 bridgehead atoms. The largest absolute Gasteiger partial charge is 0.466 e. The maximum atomic E-state index is 13.5. The van der Waals surface area contributed by atoms with Gasteiger partial charge in [-0.1, -0.05) is 6.92 Å². The van der Waals surface area contributed by atoms with Crippen LogP contribution in [0.5, 0.6) is 0 Å². The molecule has 1 fully saturated rings. The van der Waals surface area contributed by atoms with E-state index in [2.05, 4.69) is 16.8 Å². The van der Waals surface area contributed by atoms with Crippen molar-refractivity contribution in [2.24, 2.45) is 0 Å². The van der Waals surface area contributed by atoms with Gasteiger partial charge in [0.15, 0.2) is 5.78 Å². The predicted octanol–water partition coefficient (Wildman–Crippen LogP) is 2.72. The second-order valence-corrected chi connectivity index (χ2v) is 7.99. The Labute approximate surface area is 172 Å². The summed E-state index contributed by atoms with van der Waals surface area (Å²) in [5.74, 6) is -0.302. The molecule has 1 atom stereocenters. The van der Waals surface area contributed by atoms with E-state index < -0.39 is 0 Å². The molecule has 1 aromatic heterocycles. The Kier molecular flexibility index (Phi) is 7.11. The van der Waals surface area contributed by atoms with Crippen molar-refractivity contribution in [3.05, 3.63) is 22.5 Å². The van der Waals surface area contributed by atoms with E-state index in [4.69, 9.17) is 4.74 Å². The number of carbonyl (C=O) groups excluding carboxylic acids is 3. The van der Waals surface area contributed by atoms with Gasteiger partial charge in [-0.25, -0.2) is 0 Å². The number of aromatic nitrogens is 1. The molecule has 29 heavy (non-hydrogen) atoms. The second-order valence-electron chi connectivity index (χ2n) is 7.99. The van der Waals surface area contributed by atoms with Crippen molar-refractivity contribution >= 4 is 17.7 Å². The van der Waals surface area contributed by atoms with Crippen LogP contribution in [-0.2, 0) is 16.0 Å². The predicted molar refractivity (Wildman–Crippen MR) is 110 cm³/mol. The Hall–Kier alpha value is -2.15. The van der Waals surface area contributed by atoms with Crippen LogP contribution in [0.2, 0.25) is 0 Å². The van der Waals surface area contributed by atoms with E-state index in [1.54, 1.807) is 11.8 Å². The third-order valence-corrected chi connectivity index (χ3v) is 6.17. The zero-order valence-corrected chi connectivity index (χ0v) is 17.9. The lowest BCUT2D eigenvalue weighted by Gasteiger charge is -2.30. The summed E-state index contributed by atoms with van der Waals surface area (Å²) in [4.78, 5) is 45.1. The molecule has 1 aromatic rings. The first-order chi connectivity index (χ1) is 14.0. The highest BCUT2D eigenvalue weighted by Gasteiger charge is 2.31. The van der Waals surface area contributed by atoms with Crippen LogP contribution in [-0.4, -0.2) is 71.3 Å². The zero-order valence-electron chi connectivity index (χ0n) is 17.9. The number of aromatic amines is 1. The Morgan fingerprint density at radius 3 is 2.72 bits per heavy atom. The van der Waals surface area contributed by atoms with Gasteiger partial charge in [-0.3, -0.25) is 19.3 Å². The standard InChI is InChI=1S/C22H33N3O4/c1-4-24-12-7-8-16(24)14-25(13-11-19(27)29-5-2)22(28)21-15(3)20-17(23-21)9-6-10-18(20)26/h16,23H,4-14H2,1-3H3/t16-/m0/s1. The summed E-state index contributed by atoms with van der Waals surface area (Å²) in [6.07, 6.45) is 4.51. The van der Waals surface area contributed by atoms with E-state index in [0.717, 1.165) is 50.0 Å². The molecule has 1 aliphatic carbocycles. The van der Waals surface area contributed by atoms with Crippen molar-refractivity contribution in [2.45, 2.75) is 65.3 Å². The number of ether oxygens (including phenoxy) is 1. The number of hydrogen-bond acceptors (Lipinski definition) is 5. The first-order valence-electron chi connectivity index (χ1n) is 10.9. The van der Waals surface area contributed by atoms with Crippen LogP contribution in [0.15, 0.2) is 0 Å². The van der Waals surface area contributed by atoms with Crippen molar-refractivity contribution < 1.29 is 19.1 Å². The van der Waals surface area contributed by atoms with Gasteiger partial charge in [-0.05, 0) is 58.2 Å². The van der Waals surface area contributed by atoms with Gasteiger partial charge in [0.05, 0.1) is 13.0 Å². The molecule has 0 saturated carbocycles. The third-order valence-electron chi connectivity index (χ3n) is 6.17. The lowest BCUT2D eigenvalue weighted by atomic mass is 9.93. The lowest BCUT2D eigenvalue weighted by Crippen LogP contribution is -2.44. The average molecular weight is 404 g/mol. The number of ketones is 1. The quantitative estimate of drug-likeness (QED) is 0.675.